The van der Waals surface area contributed by atoms with Gasteiger partial charge in [0.25, 0.3) is 0 Å². The number of hydrogen-bond donors (Lipinski definition) is 2. The van der Waals surface area contributed by atoms with Gasteiger partial charge in [-0.1, -0.05) is 29.3 Å². The lowest BCUT2D eigenvalue weighted by Crippen LogP contribution is -2.24. The molecule has 0 aliphatic heterocycles. The molecule has 12 heteroatoms. The molecule has 0 bridgehead atoms. The van der Waals surface area contributed by atoms with E-state index in [4.69, 9.17) is 23.2 Å². The fourth-order valence-electron chi connectivity index (χ4n) is 3.15. The number of aromatic carboxylic acids is 1. The van der Waals surface area contributed by atoms with E-state index in [1.54, 1.807) is 6.92 Å². The minimum Gasteiger partial charge on any atom is -0.493 e. The van der Waals surface area contributed by atoms with E-state index in [0.717, 1.165) is 6.07 Å². The summed E-state index contributed by atoms with van der Waals surface area (Å²) in [5.74, 6) is -2.25. The van der Waals surface area contributed by atoms with Gasteiger partial charge in [-0.15, -0.1) is 0 Å². The van der Waals surface area contributed by atoms with Crippen LogP contribution in [-0.2, 0) is 19.3 Å². The monoisotopic (exact) mass is 475 g/mol. The molecule has 0 radical (unpaired) electrons. The van der Waals surface area contributed by atoms with Gasteiger partial charge in [0.15, 0.2) is 11.1 Å². The highest BCUT2D eigenvalue weighted by Crippen LogP contribution is 2.32. The summed E-state index contributed by atoms with van der Waals surface area (Å²) in [6.45, 7) is 1.39. The van der Waals surface area contributed by atoms with Gasteiger partial charge in [-0.2, -0.15) is 18.3 Å². The maximum absolute atomic E-state index is 12.9. The third kappa shape index (κ3) is 4.40. The zero-order valence-electron chi connectivity index (χ0n) is 15.7. The molecule has 0 atom stereocenters. The molecule has 0 saturated heterocycles. The van der Waals surface area contributed by atoms with E-state index < -0.39 is 41.3 Å². The van der Waals surface area contributed by atoms with Crippen LogP contribution >= 0.6 is 23.2 Å². The first kappa shape index (κ1) is 22.7. The summed E-state index contributed by atoms with van der Waals surface area (Å²) in [6.07, 6.45) is -4.77. The molecule has 31 heavy (non-hydrogen) atoms. The van der Waals surface area contributed by atoms with Gasteiger partial charge in [0.2, 0.25) is 5.88 Å². The van der Waals surface area contributed by atoms with Crippen LogP contribution in [-0.4, -0.2) is 30.5 Å². The van der Waals surface area contributed by atoms with Crippen LogP contribution < -0.4 is 5.43 Å². The predicted octanol–water partition coefficient (Wildman–Crippen LogP) is 4.51. The number of rotatable bonds is 5. The number of halogens is 5. The molecule has 0 aliphatic rings. The minimum absolute atomic E-state index is 0.00115. The second kappa shape index (κ2) is 8.27. The first-order chi connectivity index (χ1) is 14.4. The molecule has 3 aromatic rings. The number of carboxylic acid groups (broad SMARTS) is 1. The molecule has 2 aromatic heterocycles. The lowest BCUT2D eigenvalue weighted by atomic mass is 10.0. The normalized spacial score (nSPS) is 11.7. The van der Waals surface area contributed by atoms with E-state index in [0.29, 0.717) is 10.7 Å². The van der Waals surface area contributed by atoms with Crippen molar-refractivity contribution < 1.29 is 28.2 Å². The van der Waals surface area contributed by atoms with E-state index >= 15 is 0 Å². The van der Waals surface area contributed by atoms with Gasteiger partial charge in [-0.25, -0.2) is 9.48 Å². The molecule has 3 rings (SSSR count). The second-order valence-electron chi connectivity index (χ2n) is 6.45. The van der Waals surface area contributed by atoms with Crippen LogP contribution in [0.1, 0.15) is 28.7 Å². The Morgan fingerprint density at radius 1 is 1.16 bits per heavy atom. The third-order valence-electron chi connectivity index (χ3n) is 4.48. The highest BCUT2D eigenvalue weighted by Gasteiger charge is 2.35. The molecular formula is C19H14Cl2F3N3O4. The number of aromatic nitrogens is 3. The van der Waals surface area contributed by atoms with Crippen molar-refractivity contribution in [1.29, 1.82) is 0 Å². The summed E-state index contributed by atoms with van der Waals surface area (Å²) >= 11 is 12.0. The standard InChI is InChI=1S/C19H14Cl2F3N3O4/c1-2-26-10(8-27-15(29)7-14(25-27)19(22,23)24)6-13(28)16(18(30)31)17(26)9-3-4-11(20)12(21)5-9/h3-7,29H,2,8H2,1H3,(H,30,31). The number of carbonyl (C=O) groups is 1. The van der Waals surface area contributed by atoms with Crippen molar-refractivity contribution in [3.05, 3.63) is 67.6 Å². The van der Waals surface area contributed by atoms with Crippen LogP contribution in [0, 0.1) is 0 Å². The Morgan fingerprint density at radius 3 is 2.35 bits per heavy atom. The highest BCUT2D eigenvalue weighted by molar-refractivity contribution is 6.42. The van der Waals surface area contributed by atoms with Crippen molar-refractivity contribution >= 4 is 29.2 Å². The molecule has 2 heterocycles. The number of alkyl halides is 3. The average Bonchev–Trinajstić information content (AvgIpc) is 3.04. The summed E-state index contributed by atoms with van der Waals surface area (Å²) in [5.41, 5.74) is -2.30. The van der Waals surface area contributed by atoms with Gasteiger partial charge in [0, 0.05) is 29.9 Å². The molecule has 0 saturated carbocycles. The maximum Gasteiger partial charge on any atom is 0.435 e. The molecule has 1 aromatic carbocycles. The Hall–Kier alpha value is -2.98. The van der Waals surface area contributed by atoms with Crippen LogP contribution in [0.3, 0.4) is 0 Å². The fraction of sp³-hybridized carbons (Fsp3) is 0.211. The van der Waals surface area contributed by atoms with Crippen molar-refractivity contribution in [2.75, 3.05) is 0 Å². The topological polar surface area (TPSA) is 97.4 Å². The molecule has 7 nitrogen and oxygen atoms in total. The van der Waals surface area contributed by atoms with E-state index in [-0.39, 0.29) is 33.5 Å². The van der Waals surface area contributed by atoms with Crippen LogP contribution in [0.2, 0.25) is 10.0 Å². The molecule has 2 N–H and O–H groups in total. The lowest BCUT2D eigenvalue weighted by Gasteiger charge is -2.20. The van der Waals surface area contributed by atoms with Crippen molar-refractivity contribution in [2.45, 2.75) is 26.2 Å². The minimum atomic E-state index is -4.77. The SMILES string of the molecule is CCn1c(Cn2nc(C(F)(F)F)cc2O)cc(=O)c(C(=O)O)c1-c1ccc(Cl)c(Cl)c1. The Balaban J connectivity index is 2.25. The van der Waals surface area contributed by atoms with Crippen molar-refractivity contribution in [3.63, 3.8) is 0 Å². The molecule has 0 amide bonds. The first-order valence-electron chi connectivity index (χ1n) is 8.73. The second-order valence-corrected chi connectivity index (χ2v) is 7.26. The Labute approximate surface area is 182 Å². The zero-order valence-corrected chi connectivity index (χ0v) is 17.3. The summed E-state index contributed by atoms with van der Waals surface area (Å²) in [7, 11) is 0. The smallest absolute Gasteiger partial charge is 0.435 e. The molecule has 164 valence electrons. The average molecular weight is 476 g/mol. The molecule has 0 unspecified atom stereocenters. The quantitative estimate of drug-likeness (QED) is 0.565. The van der Waals surface area contributed by atoms with Gasteiger partial charge >= 0.3 is 12.1 Å². The van der Waals surface area contributed by atoms with Crippen LogP contribution in [0.25, 0.3) is 11.3 Å². The third-order valence-corrected chi connectivity index (χ3v) is 5.22. The van der Waals surface area contributed by atoms with Crippen molar-refractivity contribution in [2.24, 2.45) is 0 Å². The largest absolute Gasteiger partial charge is 0.493 e. The fourth-order valence-corrected chi connectivity index (χ4v) is 3.45. The Kier molecular flexibility index (Phi) is 6.06. The van der Waals surface area contributed by atoms with Crippen LogP contribution in [0.5, 0.6) is 5.88 Å². The lowest BCUT2D eigenvalue weighted by molar-refractivity contribution is -0.141. The number of carboxylic acids is 1. The number of aromatic hydroxyl groups is 1. The summed E-state index contributed by atoms with van der Waals surface area (Å²) in [4.78, 5) is 24.4. The summed E-state index contributed by atoms with van der Waals surface area (Å²) in [5, 5.41) is 23.2. The van der Waals surface area contributed by atoms with Gasteiger partial charge in [-0.3, -0.25) is 4.79 Å². The molecule has 0 fully saturated rings. The number of pyridine rings is 1. The van der Waals surface area contributed by atoms with Crippen LogP contribution in [0.4, 0.5) is 13.2 Å². The molecular weight excluding hydrogens is 462 g/mol. The summed E-state index contributed by atoms with van der Waals surface area (Å²) in [6, 6.07) is 5.73. The van der Waals surface area contributed by atoms with Crippen LogP contribution in [0.15, 0.2) is 35.1 Å². The number of hydrogen-bond acceptors (Lipinski definition) is 4. The number of nitrogens with zero attached hydrogens (tertiary/aromatic N) is 3. The number of benzene rings is 1. The first-order valence-corrected chi connectivity index (χ1v) is 9.49. The molecule has 0 spiro atoms. The highest BCUT2D eigenvalue weighted by atomic mass is 35.5. The van der Waals surface area contributed by atoms with Gasteiger partial charge in [0.05, 0.1) is 22.3 Å². The zero-order chi connectivity index (χ0) is 23.1. The van der Waals surface area contributed by atoms with E-state index in [1.807, 2.05) is 0 Å². The van der Waals surface area contributed by atoms with Gasteiger partial charge in [0.1, 0.15) is 5.56 Å². The van der Waals surface area contributed by atoms with E-state index in [9.17, 15) is 33.0 Å². The van der Waals surface area contributed by atoms with Gasteiger partial charge in [-0.05, 0) is 19.1 Å². The summed E-state index contributed by atoms with van der Waals surface area (Å²) < 4.78 is 40.8. The van der Waals surface area contributed by atoms with Gasteiger partial charge < -0.3 is 14.8 Å². The van der Waals surface area contributed by atoms with E-state index in [1.165, 1.54) is 22.8 Å². The predicted molar refractivity (Wildman–Crippen MR) is 107 cm³/mol. The maximum atomic E-state index is 12.9. The van der Waals surface area contributed by atoms with Crippen molar-refractivity contribution in [1.82, 2.24) is 14.3 Å². The van der Waals surface area contributed by atoms with E-state index in [2.05, 4.69) is 5.10 Å². The molecule has 0 aliphatic carbocycles. The Morgan fingerprint density at radius 2 is 1.84 bits per heavy atom. The van der Waals surface area contributed by atoms with Crippen molar-refractivity contribution in [3.8, 4) is 17.1 Å². The Bertz CT molecular complexity index is 1240.